The molecule has 0 fully saturated rings. The molecule has 1 heterocycles. The summed E-state index contributed by atoms with van der Waals surface area (Å²) in [5.74, 6) is 1.94. The van der Waals surface area contributed by atoms with Crippen molar-refractivity contribution in [2.24, 2.45) is 0 Å². The molecule has 0 bridgehead atoms. The Hall–Kier alpha value is -2.50. The number of amides is 2. The lowest BCUT2D eigenvalue weighted by atomic mass is 9.98. The first-order valence-electron chi connectivity index (χ1n) is 8.53. The molecule has 0 spiro atoms. The van der Waals surface area contributed by atoms with E-state index in [1.807, 2.05) is 32.9 Å². The van der Waals surface area contributed by atoms with Gasteiger partial charge in [-0.05, 0) is 50.8 Å². The summed E-state index contributed by atoms with van der Waals surface area (Å²) in [4.78, 5) is 12.1. The van der Waals surface area contributed by atoms with Crippen molar-refractivity contribution in [3.8, 4) is 5.75 Å². The average molecular weight is 345 g/mol. The number of carbonyl (C=O) groups excluding carboxylic acids is 1. The molecule has 0 radical (unpaired) electrons. The van der Waals surface area contributed by atoms with Crippen LogP contribution in [0.5, 0.6) is 5.75 Å². The van der Waals surface area contributed by atoms with Crippen LogP contribution in [0.1, 0.15) is 54.8 Å². The number of aromatic nitrogens is 1. The highest BCUT2D eigenvalue weighted by Crippen LogP contribution is 2.22. The molecule has 0 aliphatic carbocycles. The minimum Gasteiger partial charge on any atom is -0.497 e. The summed E-state index contributed by atoms with van der Waals surface area (Å²) >= 11 is 0. The molecule has 2 rings (SSSR count). The summed E-state index contributed by atoms with van der Waals surface area (Å²) < 4.78 is 10.3. The number of hydrogen-bond acceptors (Lipinski definition) is 4. The Balaban J connectivity index is 1.78. The fourth-order valence-electron chi connectivity index (χ4n) is 2.93. The highest BCUT2D eigenvalue weighted by Gasteiger charge is 2.18. The van der Waals surface area contributed by atoms with Crippen LogP contribution >= 0.6 is 0 Å². The van der Waals surface area contributed by atoms with Gasteiger partial charge in [-0.25, -0.2) is 4.79 Å². The topological polar surface area (TPSA) is 76.4 Å². The van der Waals surface area contributed by atoms with E-state index in [2.05, 4.69) is 34.8 Å². The monoisotopic (exact) mass is 345 g/mol. The van der Waals surface area contributed by atoms with Gasteiger partial charge in [0.2, 0.25) is 0 Å². The number of hydrogen-bond donors (Lipinski definition) is 2. The summed E-state index contributed by atoms with van der Waals surface area (Å²) in [7, 11) is 1.66. The van der Waals surface area contributed by atoms with Crippen LogP contribution in [0, 0.1) is 13.8 Å². The Bertz CT molecular complexity index is 675. The van der Waals surface area contributed by atoms with Gasteiger partial charge in [0.25, 0.3) is 0 Å². The fraction of sp³-hybridized carbons (Fsp3) is 0.474. The molecule has 2 N–H and O–H groups in total. The van der Waals surface area contributed by atoms with Crippen molar-refractivity contribution in [3.05, 3.63) is 46.8 Å². The molecule has 2 aromatic rings. The van der Waals surface area contributed by atoms with Crippen molar-refractivity contribution in [1.82, 2.24) is 15.8 Å². The van der Waals surface area contributed by atoms with Gasteiger partial charge in [0, 0.05) is 12.1 Å². The van der Waals surface area contributed by atoms with Gasteiger partial charge in [-0.2, -0.15) is 0 Å². The Morgan fingerprint density at radius 3 is 2.48 bits per heavy atom. The van der Waals surface area contributed by atoms with Crippen molar-refractivity contribution in [3.63, 3.8) is 0 Å². The first-order chi connectivity index (χ1) is 11.9. The van der Waals surface area contributed by atoms with Gasteiger partial charge in [0.05, 0.1) is 18.8 Å². The molecule has 2 amide bonds. The number of ether oxygens (including phenoxy) is 1. The molecule has 0 aliphatic rings. The van der Waals surface area contributed by atoms with Gasteiger partial charge >= 0.3 is 6.03 Å². The minimum atomic E-state index is -0.186. The normalized spacial score (nSPS) is 13.2. The van der Waals surface area contributed by atoms with Gasteiger partial charge in [-0.15, -0.1) is 0 Å². The third-order valence-electron chi connectivity index (χ3n) is 4.42. The van der Waals surface area contributed by atoms with E-state index in [9.17, 15) is 4.79 Å². The Morgan fingerprint density at radius 2 is 1.92 bits per heavy atom. The highest BCUT2D eigenvalue weighted by atomic mass is 16.5. The van der Waals surface area contributed by atoms with E-state index in [1.54, 1.807) is 7.11 Å². The zero-order valence-electron chi connectivity index (χ0n) is 15.6. The highest BCUT2D eigenvalue weighted by molar-refractivity contribution is 5.74. The van der Waals surface area contributed by atoms with Crippen molar-refractivity contribution in [1.29, 1.82) is 0 Å². The Morgan fingerprint density at radius 1 is 1.24 bits per heavy atom. The maximum Gasteiger partial charge on any atom is 0.315 e. The maximum absolute atomic E-state index is 12.1. The molecular formula is C19H27N3O3. The molecule has 0 saturated heterocycles. The van der Waals surface area contributed by atoms with E-state index >= 15 is 0 Å². The van der Waals surface area contributed by atoms with Crippen LogP contribution in [-0.4, -0.2) is 24.8 Å². The summed E-state index contributed by atoms with van der Waals surface area (Å²) in [6.45, 7) is 8.40. The molecule has 0 aliphatic heterocycles. The third kappa shape index (κ3) is 4.98. The van der Waals surface area contributed by atoms with Crippen LogP contribution in [0.2, 0.25) is 0 Å². The zero-order chi connectivity index (χ0) is 18.4. The van der Waals surface area contributed by atoms with Crippen LogP contribution in [0.25, 0.3) is 0 Å². The van der Waals surface area contributed by atoms with E-state index in [0.717, 1.165) is 29.2 Å². The summed E-state index contributed by atoms with van der Waals surface area (Å²) in [6.07, 6.45) is 0.861. The summed E-state index contributed by atoms with van der Waals surface area (Å²) in [5, 5.41) is 9.76. The summed E-state index contributed by atoms with van der Waals surface area (Å²) in [6, 6.07) is 7.69. The average Bonchev–Trinajstić information content (AvgIpc) is 2.93. The van der Waals surface area contributed by atoms with Crippen molar-refractivity contribution >= 4 is 6.03 Å². The Kier molecular flexibility index (Phi) is 6.44. The number of aryl methyl sites for hydroxylation is 2. The number of nitrogens with one attached hydrogen (secondary N) is 2. The molecule has 2 atom stereocenters. The second-order valence-corrected chi connectivity index (χ2v) is 6.32. The predicted molar refractivity (Wildman–Crippen MR) is 97.0 cm³/mol. The maximum atomic E-state index is 12.1. The van der Waals surface area contributed by atoms with Crippen LogP contribution in [0.4, 0.5) is 4.79 Å². The first kappa shape index (κ1) is 18.8. The lowest BCUT2D eigenvalue weighted by Crippen LogP contribution is -2.38. The van der Waals surface area contributed by atoms with Crippen molar-refractivity contribution in [2.45, 2.75) is 46.1 Å². The fourth-order valence-corrected chi connectivity index (χ4v) is 2.93. The molecule has 1 aromatic heterocycles. The van der Waals surface area contributed by atoms with Gasteiger partial charge in [-0.3, -0.25) is 0 Å². The molecule has 2 unspecified atom stereocenters. The SMILES string of the molecule is COc1ccc(C(C)CCNC(=O)NC(C)c2c(C)noc2C)cc1. The standard InChI is InChI=1S/C19H27N3O3/c1-12(16-6-8-17(24-5)9-7-16)10-11-20-19(23)21-13(2)18-14(3)22-25-15(18)4/h6-9,12-13H,10-11H2,1-5H3,(H2,20,21,23). The minimum absolute atomic E-state index is 0.148. The molecular weight excluding hydrogens is 318 g/mol. The first-order valence-corrected chi connectivity index (χ1v) is 8.53. The number of carbonyl (C=O) groups is 1. The van der Waals surface area contributed by atoms with Crippen LogP contribution in [0.3, 0.4) is 0 Å². The number of benzene rings is 1. The smallest absolute Gasteiger partial charge is 0.315 e. The van der Waals surface area contributed by atoms with Gasteiger partial charge in [0.15, 0.2) is 0 Å². The lowest BCUT2D eigenvalue weighted by Gasteiger charge is -2.16. The molecule has 0 saturated carbocycles. The molecule has 25 heavy (non-hydrogen) atoms. The van der Waals surface area contributed by atoms with E-state index in [4.69, 9.17) is 9.26 Å². The number of rotatable bonds is 7. The van der Waals surface area contributed by atoms with Crippen LogP contribution in [0.15, 0.2) is 28.8 Å². The molecule has 6 heteroatoms. The number of urea groups is 1. The number of methoxy groups -OCH3 is 1. The van der Waals surface area contributed by atoms with Crippen molar-refractivity contribution < 1.29 is 14.1 Å². The van der Waals surface area contributed by atoms with E-state index in [1.165, 1.54) is 5.56 Å². The molecule has 1 aromatic carbocycles. The molecule has 6 nitrogen and oxygen atoms in total. The van der Waals surface area contributed by atoms with Gasteiger partial charge < -0.3 is 19.9 Å². The van der Waals surface area contributed by atoms with Gasteiger partial charge in [0.1, 0.15) is 11.5 Å². The molecule has 136 valence electrons. The Labute approximate surface area is 148 Å². The predicted octanol–water partition coefficient (Wildman–Crippen LogP) is 3.85. The largest absolute Gasteiger partial charge is 0.497 e. The van der Waals surface area contributed by atoms with Gasteiger partial charge in [-0.1, -0.05) is 24.2 Å². The summed E-state index contributed by atoms with van der Waals surface area (Å²) in [5.41, 5.74) is 2.97. The van der Waals surface area contributed by atoms with E-state index in [0.29, 0.717) is 12.5 Å². The van der Waals surface area contributed by atoms with Crippen LogP contribution < -0.4 is 15.4 Å². The number of nitrogens with zero attached hydrogens (tertiary/aromatic N) is 1. The quantitative estimate of drug-likeness (QED) is 0.799. The van der Waals surface area contributed by atoms with Crippen LogP contribution in [-0.2, 0) is 0 Å². The lowest BCUT2D eigenvalue weighted by molar-refractivity contribution is 0.237. The zero-order valence-corrected chi connectivity index (χ0v) is 15.6. The second kappa shape index (κ2) is 8.55. The van der Waals surface area contributed by atoms with Crippen molar-refractivity contribution in [2.75, 3.05) is 13.7 Å². The van der Waals surface area contributed by atoms with E-state index in [-0.39, 0.29) is 12.1 Å². The third-order valence-corrected chi connectivity index (χ3v) is 4.42. The van der Waals surface area contributed by atoms with E-state index < -0.39 is 0 Å². The second-order valence-electron chi connectivity index (χ2n) is 6.32.